The van der Waals surface area contributed by atoms with Crippen LogP contribution >= 0.6 is 0 Å². The summed E-state index contributed by atoms with van der Waals surface area (Å²) in [5, 5.41) is 2.66. The minimum absolute atomic E-state index is 0.0240. The van der Waals surface area contributed by atoms with Crippen molar-refractivity contribution in [3.8, 4) is 0 Å². The Hall–Kier alpha value is -2.06. The van der Waals surface area contributed by atoms with Gasteiger partial charge in [-0.15, -0.1) is 0 Å². The van der Waals surface area contributed by atoms with E-state index in [0.717, 1.165) is 11.3 Å². The second kappa shape index (κ2) is 12.3. The maximum Gasteiger partial charge on any atom is 0.253 e. The van der Waals surface area contributed by atoms with Crippen molar-refractivity contribution in [3.05, 3.63) is 12.2 Å². The number of Topliss-reactive ketones (excluding diaryl/α,β-unsaturated/α-hetero) is 1. The maximum absolute atomic E-state index is 11.7. The number of carbonyl (C=O) groups is 4. The second-order valence-corrected chi connectivity index (χ2v) is 5.57. The Kier molecular flexibility index (Phi) is 10.3. The molecule has 0 fully saturated rings. The van der Waals surface area contributed by atoms with E-state index in [-0.39, 0.29) is 31.3 Å². The van der Waals surface area contributed by atoms with Gasteiger partial charge in [-0.05, 0) is 12.8 Å². The third-order valence-electron chi connectivity index (χ3n) is 3.40. The molecule has 0 bridgehead atoms. The molecule has 0 aromatic carbocycles. The highest BCUT2D eigenvalue weighted by molar-refractivity contribution is 6.13. The quantitative estimate of drug-likeness (QED) is 0.353. The van der Waals surface area contributed by atoms with Crippen LogP contribution in [-0.4, -0.2) is 67.9 Å². The summed E-state index contributed by atoms with van der Waals surface area (Å²) < 4.78 is 10.4. The average Bonchev–Trinajstić information content (AvgIpc) is 2.91. The summed E-state index contributed by atoms with van der Waals surface area (Å²) in [5.41, 5.74) is 0. The van der Waals surface area contributed by atoms with Crippen LogP contribution in [0.2, 0.25) is 0 Å². The van der Waals surface area contributed by atoms with E-state index in [4.69, 9.17) is 9.47 Å². The predicted molar refractivity (Wildman–Crippen MR) is 89.7 cm³/mol. The van der Waals surface area contributed by atoms with E-state index >= 15 is 0 Å². The Bertz CT molecular complexity index is 485. The Balaban J connectivity index is 1.97. The molecule has 25 heavy (non-hydrogen) atoms. The van der Waals surface area contributed by atoms with Crippen LogP contribution in [-0.2, 0) is 28.7 Å². The molecule has 0 atom stereocenters. The summed E-state index contributed by atoms with van der Waals surface area (Å²) in [4.78, 5) is 46.9. The molecule has 1 heterocycles. The molecular formula is C17H26N2O6. The van der Waals surface area contributed by atoms with Gasteiger partial charge in [0.15, 0.2) is 5.78 Å². The number of nitrogens with one attached hydrogen (secondary N) is 1. The van der Waals surface area contributed by atoms with E-state index in [2.05, 4.69) is 5.32 Å². The van der Waals surface area contributed by atoms with Crippen LogP contribution in [0, 0.1) is 0 Å². The number of hydrogen-bond donors (Lipinski definition) is 1. The monoisotopic (exact) mass is 354 g/mol. The van der Waals surface area contributed by atoms with Crippen molar-refractivity contribution in [2.75, 3.05) is 39.5 Å². The third-order valence-corrected chi connectivity index (χ3v) is 3.40. The molecule has 0 aliphatic carbocycles. The molecule has 1 rings (SSSR count). The fraction of sp³-hybridized carbons (Fsp3) is 0.647. The number of rotatable bonds is 14. The number of amides is 3. The molecule has 8 nitrogen and oxygen atoms in total. The van der Waals surface area contributed by atoms with Crippen LogP contribution in [0.4, 0.5) is 0 Å². The molecule has 0 aromatic rings. The fourth-order valence-corrected chi connectivity index (χ4v) is 2.09. The van der Waals surface area contributed by atoms with E-state index < -0.39 is 11.8 Å². The SMILES string of the molecule is CCCOCCOCC(=O)CCCNC(=O)CCN1C(=O)C=CC1=O. The number of carbonyl (C=O) groups excluding carboxylic acids is 4. The molecule has 0 aromatic heterocycles. The van der Waals surface area contributed by atoms with Gasteiger partial charge in [0, 0.05) is 44.7 Å². The zero-order chi connectivity index (χ0) is 18.5. The Morgan fingerprint density at radius 2 is 1.72 bits per heavy atom. The lowest BCUT2D eigenvalue weighted by Gasteiger charge is -2.13. The van der Waals surface area contributed by atoms with Crippen LogP contribution in [0.1, 0.15) is 32.6 Å². The van der Waals surface area contributed by atoms with Gasteiger partial charge in [-0.1, -0.05) is 6.92 Å². The van der Waals surface area contributed by atoms with Crippen molar-refractivity contribution in [1.29, 1.82) is 0 Å². The third kappa shape index (κ3) is 9.11. The summed E-state index contributed by atoms with van der Waals surface area (Å²) >= 11 is 0. The highest BCUT2D eigenvalue weighted by Gasteiger charge is 2.23. The molecular weight excluding hydrogens is 328 g/mol. The van der Waals surface area contributed by atoms with Crippen molar-refractivity contribution < 1.29 is 28.7 Å². The van der Waals surface area contributed by atoms with Gasteiger partial charge in [0.2, 0.25) is 5.91 Å². The molecule has 0 radical (unpaired) electrons. The van der Waals surface area contributed by atoms with Crippen molar-refractivity contribution in [3.63, 3.8) is 0 Å². The average molecular weight is 354 g/mol. The van der Waals surface area contributed by atoms with Gasteiger partial charge in [0.1, 0.15) is 6.61 Å². The van der Waals surface area contributed by atoms with Gasteiger partial charge >= 0.3 is 0 Å². The van der Waals surface area contributed by atoms with Crippen LogP contribution < -0.4 is 5.32 Å². The Labute approximate surface area is 147 Å². The summed E-state index contributed by atoms with van der Waals surface area (Å²) in [6.45, 7) is 4.06. The molecule has 0 saturated heterocycles. The number of nitrogens with zero attached hydrogens (tertiary/aromatic N) is 1. The van der Waals surface area contributed by atoms with Gasteiger partial charge in [-0.3, -0.25) is 24.1 Å². The molecule has 1 aliphatic rings. The Morgan fingerprint density at radius 1 is 1.04 bits per heavy atom. The highest BCUT2D eigenvalue weighted by Crippen LogP contribution is 2.04. The first-order chi connectivity index (χ1) is 12.0. The van der Waals surface area contributed by atoms with Gasteiger partial charge in [-0.25, -0.2) is 0 Å². The van der Waals surface area contributed by atoms with Gasteiger partial charge < -0.3 is 14.8 Å². The molecule has 140 valence electrons. The lowest BCUT2D eigenvalue weighted by molar-refractivity contribution is -0.137. The predicted octanol–water partition coefficient (Wildman–Crippen LogP) is 0.210. The fourth-order valence-electron chi connectivity index (χ4n) is 2.09. The van der Waals surface area contributed by atoms with Crippen LogP contribution in [0.5, 0.6) is 0 Å². The topological polar surface area (TPSA) is 102 Å². The number of hydrogen-bond acceptors (Lipinski definition) is 6. The second-order valence-electron chi connectivity index (χ2n) is 5.57. The van der Waals surface area contributed by atoms with Gasteiger partial charge in [0.25, 0.3) is 11.8 Å². The van der Waals surface area contributed by atoms with Crippen molar-refractivity contribution >= 4 is 23.5 Å². The largest absolute Gasteiger partial charge is 0.379 e. The van der Waals surface area contributed by atoms with Crippen molar-refractivity contribution in [2.45, 2.75) is 32.6 Å². The van der Waals surface area contributed by atoms with Crippen LogP contribution in [0.15, 0.2) is 12.2 Å². The molecule has 8 heteroatoms. The smallest absolute Gasteiger partial charge is 0.253 e. The maximum atomic E-state index is 11.7. The lowest BCUT2D eigenvalue weighted by atomic mass is 10.2. The van der Waals surface area contributed by atoms with Crippen LogP contribution in [0.3, 0.4) is 0 Å². The summed E-state index contributed by atoms with van der Waals surface area (Å²) in [5.74, 6) is -1.08. The molecule has 3 amide bonds. The van der Waals surface area contributed by atoms with Crippen molar-refractivity contribution in [2.24, 2.45) is 0 Å². The number of ether oxygens (including phenoxy) is 2. The molecule has 0 unspecified atom stereocenters. The zero-order valence-electron chi connectivity index (χ0n) is 14.6. The minimum atomic E-state index is -0.400. The number of ketones is 1. The van der Waals surface area contributed by atoms with Gasteiger partial charge in [0.05, 0.1) is 13.2 Å². The van der Waals surface area contributed by atoms with Crippen molar-refractivity contribution in [1.82, 2.24) is 10.2 Å². The Morgan fingerprint density at radius 3 is 2.40 bits per heavy atom. The summed E-state index contributed by atoms with van der Waals surface area (Å²) in [7, 11) is 0. The molecule has 0 spiro atoms. The molecule has 1 aliphatic heterocycles. The number of imide groups is 1. The first-order valence-corrected chi connectivity index (χ1v) is 8.52. The first-order valence-electron chi connectivity index (χ1n) is 8.52. The van der Waals surface area contributed by atoms with Crippen LogP contribution in [0.25, 0.3) is 0 Å². The molecule has 1 N–H and O–H groups in total. The lowest BCUT2D eigenvalue weighted by Crippen LogP contribution is -2.35. The van der Waals surface area contributed by atoms with E-state index in [1.54, 1.807) is 0 Å². The first kappa shape index (κ1) is 21.0. The van der Waals surface area contributed by atoms with Gasteiger partial charge in [-0.2, -0.15) is 0 Å². The van der Waals surface area contributed by atoms with E-state index in [1.165, 1.54) is 12.2 Å². The van der Waals surface area contributed by atoms with E-state index in [0.29, 0.717) is 39.2 Å². The van der Waals surface area contributed by atoms with E-state index in [1.807, 2.05) is 6.92 Å². The standard InChI is InChI=1S/C17H26N2O6/c1-2-10-24-11-12-25-13-14(20)4-3-8-18-15(21)7-9-19-16(22)5-6-17(19)23/h5-6H,2-4,7-13H2,1H3,(H,18,21). The van der Waals surface area contributed by atoms with E-state index in [9.17, 15) is 19.2 Å². The highest BCUT2D eigenvalue weighted by atomic mass is 16.5. The normalized spacial score (nSPS) is 13.6. The molecule has 0 saturated carbocycles. The summed E-state index contributed by atoms with van der Waals surface area (Å²) in [6.07, 6.45) is 4.21. The summed E-state index contributed by atoms with van der Waals surface area (Å²) in [6, 6.07) is 0. The zero-order valence-corrected chi connectivity index (χ0v) is 14.6. The minimum Gasteiger partial charge on any atom is -0.379 e.